The second-order valence-corrected chi connectivity index (χ2v) is 11.9. The van der Waals surface area contributed by atoms with Crippen molar-refractivity contribution in [1.29, 1.82) is 0 Å². The van der Waals surface area contributed by atoms with Crippen LogP contribution in [0.3, 0.4) is 0 Å². The topological polar surface area (TPSA) is 195 Å². The third-order valence-corrected chi connectivity index (χ3v) is 8.71. The van der Waals surface area contributed by atoms with Gasteiger partial charge in [0.05, 0.1) is 17.5 Å². The summed E-state index contributed by atoms with van der Waals surface area (Å²) in [6, 6.07) is 3.64. The van der Waals surface area contributed by atoms with Crippen molar-refractivity contribution in [2.24, 2.45) is 5.73 Å². The Labute approximate surface area is 221 Å². The van der Waals surface area contributed by atoms with Gasteiger partial charge in [-0.2, -0.15) is 14.7 Å². The molecule has 0 radical (unpaired) electrons. The number of piperidine rings is 1. The van der Waals surface area contributed by atoms with Crippen molar-refractivity contribution in [2.75, 3.05) is 12.0 Å². The number of aromatic amines is 1. The van der Waals surface area contributed by atoms with Gasteiger partial charge >= 0.3 is 0 Å². The number of carbonyl (C=O) groups excluding carboxylic acids is 2. The van der Waals surface area contributed by atoms with Gasteiger partial charge in [0.25, 0.3) is 11.8 Å². The van der Waals surface area contributed by atoms with Gasteiger partial charge in [-0.3, -0.25) is 14.7 Å². The van der Waals surface area contributed by atoms with Crippen LogP contribution in [0.2, 0.25) is 0 Å². The highest BCUT2D eigenvalue weighted by molar-refractivity contribution is 7.91. The molecule has 2 aliphatic rings. The molecule has 1 aromatic carbocycles. The number of rotatable bonds is 5. The number of nitrogens with two attached hydrogens (primary N) is 2. The lowest BCUT2D eigenvalue weighted by Gasteiger charge is -2.38. The van der Waals surface area contributed by atoms with Crippen molar-refractivity contribution in [2.45, 2.75) is 48.6 Å². The number of aromatic nitrogens is 6. The van der Waals surface area contributed by atoms with Crippen molar-refractivity contribution >= 4 is 33.1 Å². The van der Waals surface area contributed by atoms with Gasteiger partial charge in [-0.25, -0.2) is 22.8 Å². The zero-order valence-electron chi connectivity index (χ0n) is 20.7. The number of nitrogens with one attached hydrogen (secondary N) is 1. The fraction of sp³-hybridized carbons (Fsp3) is 0.333. The average Bonchev–Trinajstić information content (AvgIpc) is 3.61. The summed E-state index contributed by atoms with van der Waals surface area (Å²) in [4.78, 5) is 35.0. The summed E-state index contributed by atoms with van der Waals surface area (Å²) in [5, 5.41) is 10.6. The van der Waals surface area contributed by atoms with Gasteiger partial charge in [0.1, 0.15) is 22.9 Å². The third kappa shape index (κ3) is 4.00. The molecule has 0 saturated carbocycles. The number of H-pyrrole nitrogens is 1. The minimum Gasteiger partial charge on any atom is -0.382 e. The zero-order chi connectivity index (χ0) is 27.6. The second kappa shape index (κ2) is 8.83. The molecule has 2 fully saturated rings. The Balaban J connectivity index is 1.45. The van der Waals surface area contributed by atoms with Crippen LogP contribution >= 0.6 is 0 Å². The fourth-order valence-electron chi connectivity index (χ4n) is 5.92. The van der Waals surface area contributed by atoms with E-state index in [1.807, 2.05) is 0 Å². The summed E-state index contributed by atoms with van der Waals surface area (Å²) in [6.45, 7) is 0. The average molecular weight is 554 g/mol. The van der Waals surface area contributed by atoms with E-state index in [9.17, 15) is 22.4 Å². The highest BCUT2D eigenvalue weighted by Gasteiger charge is 2.46. The lowest BCUT2D eigenvalue weighted by molar-refractivity contribution is 0.0556. The van der Waals surface area contributed by atoms with E-state index in [-0.39, 0.29) is 51.7 Å². The normalized spacial score (nSPS) is 21.0. The van der Waals surface area contributed by atoms with Gasteiger partial charge in [-0.05, 0) is 43.4 Å². The van der Waals surface area contributed by atoms with E-state index in [2.05, 4.69) is 20.3 Å². The largest absolute Gasteiger partial charge is 0.382 e. The molecule has 5 heterocycles. The van der Waals surface area contributed by atoms with Gasteiger partial charge in [-0.1, -0.05) is 6.07 Å². The second-order valence-electron chi connectivity index (χ2n) is 9.94. The molecule has 2 bridgehead atoms. The number of halogens is 1. The van der Waals surface area contributed by atoms with E-state index in [1.54, 1.807) is 4.90 Å². The van der Waals surface area contributed by atoms with Gasteiger partial charge < -0.3 is 16.4 Å². The van der Waals surface area contributed by atoms with Crippen molar-refractivity contribution < 1.29 is 22.4 Å². The maximum atomic E-state index is 14.6. The Bertz CT molecular complexity index is 1740. The lowest BCUT2D eigenvalue weighted by Crippen LogP contribution is -2.46. The predicted molar refractivity (Wildman–Crippen MR) is 136 cm³/mol. The quantitative estimate of drug-likeness (QED) is 0.326. The number of amides is 2. The van der Waals surface area contributed by atoms with Crippen LogP contribution in [0.15, 0.2) is 35.6 Å². The van der Waals surface area contributed by atoms with E-state index in [0.29, 0.717) is 29.7 Å². The molecule has 5 N–H and O–H groups in total. The first-order chi connectivity index (χ1) is 18.5. The Morgan fingerprint density at radius 1 is 1.18 bits per heavy atom. The van der Waals surface area contributed by atoms with Crippen molar-refractivity contribution in [1.82, 2.24) is 34.7 Å². The molecule has 1 unspecified atom stereocenters. The molecule has 3 aromatic heterocycles. The summed E-state index contributed by atoms with van der Waals surface area (Å²) < 4.78 is 41.7. The predicted octanol–water partition coefficient (Wildman–Crippen LogP) is 1.29. The Hall–Kier alpha value is -4.40. The summed E-state index contributed by atoms with van der Waals surface area (Å²) in [5.74, 6) is -2.21. The van der Waals surface area contributed by atoms with Crippen molar-refractivity contribution in [3.8, 4) is 11.1 Å². The molecule has 15 heteroatoms. The van der Waals surface area contributed by atoms with E-state index in [4.69, 9.17) is 16.5 Å². The number of nitrogen functional groups attached to an aromatic ring is 1. The number of fused-ring (bicyclic) bond motifs is 3. The molecular weight excluding hydrogens is 529 g/mol. The van der Waals surface area contributed by atoms with Crippen molar-refractivity contribution in [3.63, 3.8) is 0 Å². The summed E-state index contributed by atoms with van der Waals surface area (Å²) >= 11 is 0. The maximum absolute atomic E-state index is 14.6. The molecule has 39 heavy (non-hydrogen) atoms. The van der Waals surface area contributed by atoms with Crippen LogP contribution in [0, 0.1) is 5.82 Å². The molecule has 2 saturated heterocycles. The first-order valence-electron chi connectivity index (χ1n) is 12.2. The minimum atomic E-state index is -3.83. The Morgan fingerprint density at radius 2 is 1.90 bits per heavy atom. The van der Waals surface area contributed by atoms with Crippen LogP contribution in [0.5, 0.6) is 0 Å². The summed E-state index contributed by atoms with van der Waals surface area (Å²) in [6.07, 6.45) is 6.23. The van der Waals surface area contributed by atoms with Crippen LogP contribution in [0.1, 0.15) is 58.3 Å². The fourth-order valence-corrected chi connectivity index (χ4v) is 6.98. The first-order valence-corrected chi connectivity index (χ1v) is 14.1. The number of sulfone groups is 1. The van der Waals surface area contributed by atoms with Gasteiger partial charge in [-0.15, -0.1) is 0 Å². The number of nitrogens with zero attached hydrogens (tertiary/aromatic N) is 6. The van der Waals surface area contributed by atoms with Crippen LogP contribution in [-0.4, -0.2) is 73.3 Å². The molecular formula is C24H24FN9O4S. The standard InChI is InChI=1S/C24H24FN9O4S/c1-39(37,38)19-18(12-6-13-3-4-14(7-12)33(13)24(36)22-28-10-29-32-22)31-23-16(9-30-34(23)20(19)26)11-2-5-15(21(27)35)17(25)8-11/h2,5,8-10,12-14H,3-4,6-7,26H2,1H3,(H2,27,35)(H,28,29,32)/t12?,13-,14+. The van der Waals surface area contributed by atoms with E-state index >= 15 is 0 Å². The maximum Gasteiger partial charge on any atom is 0.291 e. The third-order valence-electron chi connectivity index (χ3n) is 7.55. The molecule has 0 aliphatic carbocycles. The summed E-state index contributed by atoms with van der Waals surface area (Å²) in [5.41, 5.74) is 12.7. The van der Waals surface area contributed by atoms with E-state index in [0.717, 1.165) is 25.2 Å². The number of hydrogen-bond donors (Lipinski definition) is 3. The number of anilines is 1. The van der Waals surface area contributed by atoms with Crippen LogP contribution in [0.25, 0.3) is 16.8 Å². The minimum absolute atomic E-state index is 0.106. The molecule has 13 nitrogen and oxygen atoms in total. The molecule has 3 atom stereocenters. The van der Waals surface area contributed by atoms with Gasteiger partial charge in [0, 0.05) is 29.8 Å². The number of hydrogen-bond acceptors (Lipinski definition) is 9. The highest BCUT2D eigenvalue weighted by atomic mass is 32.2. The number of carbonyl (C=O) groups is 2. The Kier molecular flexibility index (Phi) is 5.64. The molecule has 0 spiro atoms. The SMILES string of the molecule is CS(=O)(=O)c1c(C2C[C@H]3CC[C@@H](C2)N3C(=O)c2ncn[nH]2)nc2c(-c3ccc(C(N)=O)c(F)c3)cnn2c1N. The van der Waals surface area contributed by atoms with Gasteiger partial charge in [0.2, 0.25) is 5.82 Å². The smallest absolute Gasteiger partial charge is 0.291 e. The lowest BCUT2D eigenvalue weighted by atomic mass is 9.87. The number of primary amides is 1. The Morgan fingerprint density at radius 3 is 2.49 bits per heavy atom. The zero-order valence-corrected chi connectivity index (χ0v) is 21.5. The van der Waals surface area contributed by atoms with Crippen LogP contribution in [-0.2, 0) is 9.84 Å². The van der Waals surface area contributed by atoms with Crippen LogP contribution < -0.4 is 11.5 Å². The van der Waals surface area contributed by atoms with Crippen molar-refractivity contribution in [3.05, 3.63) is 53.6 Å². The van der Waals surface area contributed by atoms with E-state index < -0.39 is 21.6 Å². The molecule has 202 valence electrons. The molecule has 4 aromatic rings. The van der Waals surface area contributed by atoms with E-state index in [1.165, 1.54) is 29.2 Å². The number of benzene rings is 1. The highest BCUT2D eigenvalue weighted by Crippen LogP contribution is 2.45. The molecule has 6 rings (SSSR count). The summed E-state index contributed by atoms with van der Waals surface area (Å²) in [7, 11) is -3.83. The molecule has 2 aliphatic heterocycles. The first kappa shape index (κ1) is 24.9. The van der Waals surface area contributed by atoms with Gasteiger partial charge in [0.15, 0.2) is 15.5 Å². The monoisotopic (exact) mass is 553 g/mol. The molecule has 2 amide bonds. The van der Waals surface area contributed by atoms with Crippen LogP contribution in [0.4, 0.5) is 10.2 Å².